The lowest BCUT2D eigenvalue weighted by atomic mass is 9.89. The number of hydrogen-bond donors (Lipinski definition) is 4. The van der Waals surface area contributed by atoms with Crippen molar-refractivity contribution in [1.29, 1.82) is 0 Å². The molecule has 1 aliphatic rings. The first-order chi connectivity index (χ1) is 16.4. The highest BCUT2D eigenvalue weighted by molar-refractivity contribution is 7.99. The Hall–Kier alpha value is -2.21. The van der Waals surface area contributed by atoms with Gasteiger partial charge in [0.05, 0.1) is 12.7 Å². The minimum Gasteiger partial charge on any atom is -0.494 e. The van der Waals surface area contributed by atoms with Gasteiger partial charge in [0.25, 0.3) is 0 Å². The Morgan fingerprint density at radius 2 is 1.88 bits per heavy atom. The van der Waals surface area contributed by atoms with Gasteiger partial charge in [0.15, 0.2) is 0 Å². The van der Waals surface area contributed by atoms with Gasteiger partial charge >= 0.3 is 0 Å². The Balaban J connectivity index is 1.54. The molecule has 9 nitrogen and oxygen atoms in total. The summed E-state index contributed by atoms with van der Waals surface area (Å²) in [4.78, 5) is 0. The largest absolute Gasteiger partial charge is 0.494 e. The van der Waals surface area contributed by atoms with Crippen LogP contribution in [0.15, 0.2) is 47.6 Å². The second-order valence-electron chi connectivity index (χ2n) is 8.12. The summed E-state index contributed by atoms with van der Waals surface area (Å²) in [5.74, 6) is 0.802. The van der Waals surface area contributed by atoms with Crippen LogP contribution < -0.4 is 4.74 Å². The van der Waals surface area contributed by atoms with Gasteiger partial charge in [-0.25, -0.2) is 0 Å². The van der Waals surface area contributed by atoms with Crippen molar-refractivity contribution < 1.29 is 24.8 Å². The number of halogens is 1. The molecule has 0 spiro atoms. The minimum atomic E-state index is -1.39. The molecule has 0 bridgehead atoms. The van der Waals surface area contributed by atoms with Crippen molar-refractivity contribution in [3.63, 3.8) is 0 Å². The fourth-order valence-corrected chi connectivity index (χ4v) is 5.06. The van der Waals surface area contributed by atoms with Crippen molar-refractivity contribution in [2.24, 2.45) is 0 Å². The first-order valence-corrected chi connectivity index (χ1v) is 12.2. The third-order valence-electron chi connectivity index (χ3n) is 5.76. The quantitative estimate of drug-likeness (QED) is 0.340. The fourth-order valence-electron chi connectivity index (χ4n) is 4.00. The van der Waals surface area contributed by atoms with Crippen LogP contribution in [0.2, 0.25) is 5.02 Å². The summed E-state index contributed by atoms with van der Waals surface area (Å²) < 4.78 is 11.6. The molecule has 3 aromatic rings. The van der Waals surface area contributed by atoms with Gasteiger partial charge in [-0.2, -0.15) is 5.21 Å². The van der Waals surface area contributed by atoms with Crippen LogP contribution in [-0.2, 0) is 11.2 Å². The van der Waals surface area contributed by atoms with E-state index in [1.165, 1.54) is 11.8 Å². The van der Waals surface area contributed by atoms with Crippen LogP contribution in [0.3, 0.4) is 0 Å². The predicted molar refractivity (Wildman–Crippen MR) is 127 cm³/mol. The van der Waals surface area contributed by atoms with E-state index < -0.39 is 30.5 Å². The van der Waals surface area contributed by atoms with Crippen LogP contribution in [0.1, 0.15) is 36.6 Å². The molecule has 0 radical (unpaired) electrons. The average molecular weight is 507 g/mol. The van der Waals surface area contributed by atoms with Gasteiger partial charge in [-0.3, -0.25) is 0 Å². The van der Waals surface area contributed by atoms with Gasteiger partial charge in [-0.1, -0.05) is 54.6 Å². The molecule has 11 heteroatoms. The van der Waals surface area contributed by atoms with Crippen molar-refractivity contribution in [2.45, 2.75) is 61.2 Å². The number of aromatic nitrogens is 4. The van der Waals surface area contributed by atoms with Crippen molar-refractivity contribution >= 4 is 23.4 Å². The summed E-state index contributed by atoms with van der Waals surface area (Å²) in [6.45, 7) is 4.37. The van der Waals surface area contributed by atoms with E-state index in [0.717, 1.165) is 16.9 Å². The van der Waals surface area contributed by atoms with E-state index in [2.05, 4.69) is 20.6 Å². The number of nitrogens with zero attached hydrogens (tertiary/aromatic N) is 3. The number of benzene rings is 2. The molecule has 182 valence electrons. The summed E-state index contributed by atoms with van der Waals surface area (Å²) in [5, 5.41) is 46.2. The molecule has 6 atom stereocenters. The van der Waals surface area contributed by atoms with E-state index in [0.29, 0.717) is 28.8 Å². The molecule has 4 N–H and O–H groups in total. The van der Waals surface area contributed by atoms with Crippen LogP contribution in [0.4, 0.5) is 0 Å². The zero-order valence-corrected chi connectivity index (χ0v) is 20.3. The number of hydrogen-bond acceptors (Lipinski definition) is 9. The number of aromatic amines is 1. The lowest BCUT2D eigenvalue weighted by molar-refractivity contribution is -0.223. The molecule has 0 saturated carbocycles. The number of aliphatic hydroxyl groups is 3. The summed E-state index contributed by atoms with van der Waals surface area (Å²) >= 11 is 7.72. The number of thioether (sulfide) groups is 1. The first-order valence-electron chi connectivity index (χ1n) is 11.0. The Morgan fingerprint density at radius 1 is 1.12 bits per heavy atom. The second kappa shape index (κ2) is 11.0. The smallest absolute Gasteiger partial charge is 0.231 e. The van der Waals surface area contributed by atoms with Gasteiger partial charge in [0.1, 0.15) is 30.2 Å². The summed E-state index contributed by atoms with van der Waals surface area (Å²) in [7, 11) is 0. The van der Waals surface area contributed by atoms with E-state index in [1.807, 2.05) is 44.2 Å². The molecule has 34 heavy (non-hydrogen) atoms. The fraction of sp³-hybridized carbons (Fsp3) is 0.435. The molecule has 1 saturated heterocycles. The molecule has 0 aliphatic carbocycles. The van der Waals surface area contributed by atoms with E-state index in [-0.39, 0.29) is 5.25 Å². The number of nitrogens with one attached hydrogen (secondary N) is 1. The van der Waals surface area contributed by atoms with Crippen molar-refractivity contribution in [3.8, 4) is 5.75 Å². The molecular formula is C23H27ClN4O5S. The number of H-pyrrole nitrogens is 1. The molecule has 2 heterocycles. The SMILES string of the molecule is CCOc1ccc(Cc2cc([C@@H]3O[C@H](C(C)Sc4nn[nH]n4)[C@@H](O)[C@H](O)[C@H]3O)ccc2Cl)cc1. The maximum absolute atomic E-state index is 10.7. The van der Waals surface area contributed by atoms with E-state index >= 15 is 0 Å². The third-order valence-corrected chi connectivity index (χ3v) is 7.15. The molecule has 1 fully saturated rings. The Bertz CT molecular complexity index is 1070. The number of aliphatic hydroxyl groups excluding tert-OH is 3. The van der Waals surface area contributed by atoms with Gasteiger partial charge in [0, 0.05) is 10.3 Å². The minimum absolute atomic E-state index is 0.326. The maximum atomic E-state index is 10.7. The third kappa shape index (κ3) is 5.54. The lowest BCUT2D eigenvalue weighted by Gasteiger charge is -2.42. The van der Waals surface area contributed by atoms with Crippen LogP contribution in [0.5, 0.6) is 5.75 Å². The average Bonchev–Trinajstić information content (AvgIpc) is 3.34. The highest BCUT2D eigenvalue weighted by Gasteiger charge is 2.46. The number of rotatable bonds is 8. The molecule has 0 amide bonds. The molecular weight excluding hydrogens is 480 g/mol. The summed E-state index contributed by atoms with van der Waals surface area (Å²) in [5.41, 5.74) is 2.56. The molecule has 4 rings (SSSR count). The Kier molecular flexibility index (Phi) is 8.07. The predicted octanol–water partition coefficient (Wildman–Crippen LogP) is 2.55. The van der Waals surface area contributed by atoms with E-state index in [1.54, 1.807) is 12.1 Å². The van der Waals surface area contributed by atoms with Gasteiger partial charge in [0.2, 0.25) is 5.16 Å². The van der Waals surface area contributed by atoms with E-state index in [4.69, 9.17) is 21.1 Å². The van der Waals surface area contributed by atoms with Crippen molar-refractivity contribution in [3.05, 3.63) is 64.2 Å². The van der Waals surface area contributed by atoms with E-state index in [9.17, 15) is 15.3 Å². The molecule has 1 aromatic heterocycles. The monoisotopic (exact) mass is 506 g/mol. The highest BCUT2D eigenvalue weighted by Crippen LogP contribution is 2.38. The molecule has 2 aromatic carbocycles. The highest BCUT2D eigenvalue weighted by atomic mass is 35.5. The van der Waals surface area contributed by atoms with Crippen molar-refractivity contribution in [1.82, 2.24) is 20.6 Å². The van der Waals surface area contributed by atoms with Crippen LogP contribution >= 0.6 is 23.4 Å². The Morgan fingerprint density at radius 3 is 2.56 bits per heavy atom. The number of ether oxygens (including phenoxy) is 2. The van der Waals surface area contributed by atoms with Crippen LogP contribution in [-0.4, -0.2) is 72.2 Å². The Labute approximate surface area is 206 Å². The normalized spacial score (nSPS) is 25.8. The standard InChI is InChI=1S/C23H27ClN4O5S/c1-3-32-16-7-4-13(5-8-16)10-15-11-14(6-9-17(15)24)22-20(31)18(29)19(30)21(33-22)12(2)34-23-25-27-28-26-23/h4-9,11-12,18-22,29-31H,3,10H2,1-2H3,(H,25,26,27,28)/t12?,18-,19-,20+,21+,22-/m0/s1. The zero-order valence-electron chi connectivity index (χ0n) is 18.7. The van der Waals surface area contributed by atoms with Gasteiger partial charge < -0.3 is 24.8 Å². The lowest BCUT2D eigenvalue weighted by Crippen LogP contribution is -2.56. The summed E-state index contributed by atoms with van der Waals surface area (Å²) in [6, 6.07) is 13.2. The molecule has 1 aliphatic heterocycles. The first kappa shape index (κ1) is 24.9. The molecule has 1 unspecified atom stereocenters. The van der Waals surface area contributed by atoms with Crippen LogP contribution in [0.25, 0.3) is 0 Å². The number of tetrazole rings is 1. The zero-order chi connectivity index (χ0) is 24.2. The van der Waals surface area contributed by atoms with Crippen molar-refractivity contribution in [2.75, 3.05) is 6.61 Å². The van der Waals surface area contributed by atoms with Gasteiger partial charge in [-0.15, -0.1) is 10.2 Å². The second-order valence-corrected chi connectivity index (χ2v) is 9.87. The summed E-state index contributed by atoms with van der Waals surface area (Å²) in [6.07, 6.45) is -5.04. The topological polar surface area (TPSA) is 134 Å². The maximum Gasteiger partial charge on any atom is 0.231 e. The van der Waals surface area contributed by atoms with Crippen LogP contribution in [0, 0.1) is 0 Å². The van der Waals surface area contributed by atoms with Gasteiger partial charge in [-0.05, 0) is 53.4 Å².